The van der Waals surface area contributed by atoms with Crippen molar-refractivity contribution in [2.24, 2.45) is 7.05 Å². The number of carbonyl (C=O) groups excluding carboxylic acids is 1. The summed E-state index contributed by atoms with van der Waals surface area (Å²) in [5, 5.41) is 8.60. The molecule has 8 nitrogen and oxygen atoms in total. The van der Waals surface area contributed by atoms with E-state index in [2.05, 4.69) is 39.8 Å². The van der Waals surface area contributed by atoms with Gasteiger partial charge in [0.05, 0.1) is 23.3 Å². The summed E-state index contributed by atoms with van der Waals surface area (Å²) < 4.78 is 22.2. The first-order chi connectivity index (χ1) is 16.3. The lowest BCUT2D eigenvalue weighted by molar-refractivity contribution is -0.115. The minimum absolute atomic E-state index is 0.186. The summed E-state index contributed by atoms with van der Waals surface area (Å²) in [4.78, 5) is 20.5. The molecule has 9 heteroatoms. The number of aromatic nitrogens is 3. The third-order valence-electron chi connectivity index (χ3n) is 5.33. The van der Waals surface area contributed by atoms with Crippen LogP contribution in [0.1, 0.15) is 25.3 Å². The number of fused-ring (bicyclic) bond motifs is 1. The van der Waals surface area contributed by atoms with Crippen LogP contribution in [0.2, 0.25) is 0 Å². The maximum atomic E-state index is 14.4. The lowest BCUT2D eigenvalue weighted by Gasteiger charge is -2.11. The number of nitrogens with one attached hydrogen (secondary N) is 3. The van der Waals surface area contributed by atoms with Crippen LogP contribution in [0.5, 0.6) is 11.5 Å². The molecule has 0 aliphatic carbocycles. The van der Waals surface area contributed by atoms with Crippen molar-refractivity contribution in [1.29, 1.82) is 0 Å². The van der Waals surface area contributed by atoms with Crippen molar-refractivity contribution in [3.8, 4) is 11.5 Å². The highest BCUT2D eigenvalue weighted by Gasteiger charge is 2.13. The normalized spacial score (nSPS) is 11.1. The van der Waals surface area contributed by atoms with Gasteiger partial charge in [-0.2, -0.15) is 0 Å². The fourth-order valence-corrected chi connectivity index (χ4v) is 3.50. The van der Waals surface area contributed by atoms with Crippen LogP contribution in [0.4, 0.5) is 21.8 Å². The van der Waals surface area contributed by atoms with Crippen molar-refractivity contribution in [2.75, 3.05) is 24.2 Å². The van der Waals surface area contributed by atoms with E-state index < -0.39 is 0 Å². The van der Waals surface area contributed by atoms with Crippen LogP contribution < -0.4 is 20.7 Å². The highest BCUT2D eigenvalue weighted by molar-refractivity contribution is 5.91. The molecule has 0 radical (unpaired) electrons. The lowest BCUT2D eigenvalue weighted by Crippen LogP contribution is -2.25. The number of benzene rings is 2. The summed E-state index contributed by atoms with van der Waals surface area (Å²) in [7, 11) is 3.56. The van der Waals surface area contributed by atoms with Crippen LogP contribution in [0.25, 0.3) is 11.0 Å². The Balaban J connectivity index is 1.56. The smallest absolute Gasteiger partial charge is 0.239 e. The van der Waals surface area contributed by atoms with E-state index in [4.69, 9.17) is 4.74 Å². The molecule has 34 heavy (non-hydrogen) atoms. The molecule has 0 fully saturated rings. The average molecular weight is 463 g/mol. The number of nitrogens with zero attached hydrogens (tertiary/aromatic N) is 3. The van der Waals surface area contributed by atoms with E-state index in [1.54, 1.807) is 37.5 Å². The number of rotatable bonds is 8. The SMILES string of the molecule is CNCC(=O)Nc1cc(Oc2ccc3c(c2)nc(Nc2cc(C(C)C)ccc2F)n3C)ccn1. The van der Waals surface area contributed by atoms with Crippen molar-refractivity contribution in [1.82, 2.24) is 19.9 Å². The number of amides is 1. The van der Waals surface area contributed by atoms with Gasteiger partial charge in [-0.05, 0) is 48.9 Å². The highest BCUT2D eigenvalue weighted by atomic mass is 19.1. The number of anilines is 3. The monoisotopic (exact) mass is 462 g/mol. The number of likely N-dealkylation sites (N-methyl/N-ethyl adjacent to an activating group) is 1. The largest absolute Gasteiger partial charge is 0.457 e. The Bertz CT molecular complexity index is 1330. The number of aryl methyl sites for hydroxylation is 1. The fraction of sp³-hybridized carbons (Fsp3) is 0.240. The van der Waals surface area contributed by atoms with Crippen LogP contribution >= 0.6 is 0 Å². The Kier molecular flexibility index (Phi) is 6.74. The van der Waals surface area contributed by atoms with E-state index in [0.717, 1.165) is 11.1 Å². The number of hydrogen-bond donors (Lipinski definition) is 3. The summed E-state index contributed by atoms with van der Waals surface area (Å²) >= 11 is 0. The molecule has 4 aromatic rings. The first kappa shape index (κ1) is 23.2. The zero-order chi connectivity index (χ0) is 24.2. The van der Waals surface area contributed by atoms with Gasteiger partial charge in [0, 0.05) is 25.4 Å². The van der Waals surface area contributed by atoms with Gasteiger partial charge in [-0.1, -0.05) is 19.9 Å². The molecule has 4 rings (SSSR count). The first-order valence-corrected chi connectivity index (χ1v) is 11.0. The average Bonchev–Trinajstić information content (AvgIpc) is 3.10. The van der Waals surface area contributed by atoms with E-state index in [0.29, 0.717) is 34.5 Å². The molecule has 3 N–H and O–H groups in total. The number of halogens is 1. The van der Waals surface area contributed by atoms with Crippen LogP contribution in [-0.2, 0) is 11.8 Å². The van der Waals surface area contributed by atoms with E-state index in [9.17, 15) is 9.18 Å². The molecule has 0 saturated carbocycles. The third-order valence-corrected chi connectivity index (χ3v) is 5.33. The van der Waals surface area contributed by atoms with Gasteiger partial charge in [-0.3, -0.25) is 4.79 Å². The van der Waals surface area contributed by atoms with Crippen LogP contribution in [-0.4, -0.2) is 34.0 Å². The second kappa shape index (κ2) is 9.88. The van der Waals surface area contributed by atoms with Crippen molar-refractivity contribution >= 4 is 34.4 Å². The van der Waals surface area contributed by atoms with E-state index in [1.807, 2.05) is 29.8 Å². The number of ether oxygens (including phenoxy) is 1. The van der Waals surface area contributed by atoms with Gasteiger partial charge in [0.15, 0.2) is 0 Å². The maximum absolute atomic E-state index is 14.4. The molecule has 176 valence electrons. The van der Waals surface area contributed by atoms with Gasteiger partial charge >= 0.3 is 0 Å². The van der Waals surface area contributed by atoms with Crippen LogP contribution in [0, 0.1) is 5.82 Å². The van der Waals surface area contributed by atoms with E-state index in [1.165, 1.54) is 6.07 Å². The number of imidazole rings is 1. The Morgan fingerprint density at radius 3 is 2.68 bits per heavy atom. The zero-order valence-electron chi connectivity index (χ0n) is 19.5. The van der Waals surface area contributed by atoms with Crippen molar-refractivity contribution in [3.63, 3.8) is 0 Å². The van der Waals surface area contributed by atoms with Gasteiger partial charge in [-0.25, -0.2) is 14.4 Å². The van der Waals surface area contributed by atoms with Crippen molar-refractivity contribution in [3.05, 3.63) is 66.1 Å². The predicted molar refractivity (Wildman–Crippen MR) is 131 cm³/mol. The number of carbonyl (C=O) groups is 1. The molecule has 0 unspecified atom stereocenters. The minimum Gasteiger partial charge on any atom is -0.457 e. The Morgan fingerprint density at radius 1 is 1.12 bits per heavy atom. The second-order valence-electron chi connectivity index (χ2n) is 8.22. The number of hydrogen-bond acceptors (Lipinski definition) is 6. The molecule has 2 heterocycles. The fourth-order valence-electron chi connectivity index (χ4n) is 3.50. The molecule has 0 spiro atoms. The maximum Gasteiger partial charge on any atom is 0.239 e. The Morgan fingerprint density at radius 2 is 1.91 bits per heavy atom. The first-order valence-electron chi connectivity index (χ1n) is 11.0. The topological polar surface area (TPSA) is 93.1 Å². The lowest BCUT2D eigenvalue weighted by atomic mass is 10.0. The molecule has 1 amide bonds. The van der Waals surface area contributed by atoms with Gasteiger partial charge in [0.2, 0.25) is 11.9 Å². The summed E-state index contributed by atoms with van der Waals surface area (Å²) in [6, 6.07) is 13.9. The summed E-state index contributed by atoms with van der Waals surface area (Å²) in [6.45, 7) is 4.32. The Hall–Kier alpha value is -3.98. The molecule has 0 aliphatic heterocycles. The van der Waals surface area contributed by atoms with Gasteiger partial charge in [-0.15, -0.1) is 0 Å². The third kappa shape index (κ3) is 5.15. The van der Waals surface area contributed by atoms with Gasteiger partial charge in [0.25, 0.3) is 0 Å². The van der Waals surface area contributed by atoms with Crippen molar-refractivity contribution in [2.45, 2.75) is 19.8 Å². The molecule has 0 aliphatic rings. The summed E-state index contributed by atoms with van der Waals surface area (Å²) in [5.74, 6) is 1.76. The second-order valence-corrected chi connectivity index (χ2v) is 8.22. The summed E-state index contributed by atoms with van der Waals surface area (Å²) in [5.41, 5.74) is 2.98. The van der Waals surface area contributed by atoms with Gasteiger partial charge < -0.3 is 25.3 Å². The zero-order valence-corrected chi connectivity index (χ0v) is 19.5. The van der Waals surface area contributed by atoms with Gasteiger partial charge in [0.1, 0.15) is 23.1 Å². The molecule has 2 aromatic heterocycles. The quantitative estimate of drug-likeness (QED) is 0.344. The molecule has 0 atom stereocenters. The standard InChI is InChI=1S/C25H27FN6O2/c1-15(2)16-5-7-19(26)20(11-16)29-25-30-21-12-17(6-8-22(21)32(25)4)34-18-9-10-28-23(13-18)31-24(33)14-27-3/h5-13,15,27H,14H2,1-4H3,(H,29,30)(H,28,31,33). The molecule has 2 aromatic carbocycles. The minimum atomic E-state index is -0.337. The van der Waals surface area contributed by atoms with E-state index in [-0.39, 0.29) is 24.2 Å². The molecular weight excluding hydrogens is 435 g/mol. The van der Waals surface area contributed by atoms with Crippen LogP contribution in [0.3, 0.4) is 0 Å². The molecule has 0 saturated heterocycles. The summed E-state index contributed by atoms with van der Waals surface area (Å²) in [6.07, 6.45) is 1.56. The Labute approximate surface area is 197 Å². The molecular formula is C25H27FN6O2. The highest BCUT2D eigenvalue weighted by Crippen LogP contribution is 2.30. The van der Waals surface area contributed by atoms with Crippen LogP contribution in [0.15, 0.2) is 54.7 Å². The number of pyridine rings is 1. The van der Waals surface area contributed by atoms with Crippen molar-refractivity contribution < 1.29 is 13.9 Å². The van der Waals surface area contributed by atoms with E-state index >= 15 is 0 Å². The molecule has 0 bridgehead atoms. The predicted octanol–water partition coefficient (Wildman–Crippen LogP) is 4.92.